The third-order valence-corrected chi connectivity index (χ3v) is 9.58. The van der Waals surface area contributed by atoms with Crippen molar-refractivity contribution in [1.29, 1.82) is 0 Å². The van der Waals surface area contributed by atoms with Gasteiger partial charge in [0.05, 0.1) is 11.9 Å². The van der Waals surface area contributed by atoms with Gasteiger partial charge in [-0.05, 0) is 67.3 Å². The van der Waals surface area contributed by atoms with E-state index in [0.717, 1.165) is 59.4 Å². The molecule has 1 unspecified atom stereocenters. The topological polar surface area (TPSA) is 96.0 Å². The zero-order valence-electron chi connectivity index (χ0n) is 27.0. The van der Waals surface area contributed by atoms with Crippen molar-refractivity contribution < 1.29 is 22.7 Å². The summed E-state index contributed by atoms with van der Waals surface area (Å²) in [5, 5.41) is 3.23. The molecule has 8 nitrogen and oxygen atoms in total. The van der Waals surface area contributed by atoms with Gasteiger partial charge in [-0.2, -0.15) is 0 Å². The first-order valence-corrected chi connectivity index (χ1v) is 18.0. The van der Waals surface area contributed by atoms with Crippen LogP contribution in [0.5, 0.6) is 11.5 Å². The predicted molar refractivity (Wildman–Crippen MR) is 186 cm³/mol. The van der Waals surface area contributed by atoms with Gasteiger partial charge in [-0.3, -0.25) is 13.9 Å². The lowest BCUT2D eigenvalue weighted by Gasteiger charge is -2.35. The number of sulfonamides is 1. The summed E-state index contributed by atoms with van der Waals surface area (Å²) in [5.41, 5.74) is 3.11. The Balaban J connectivity index is 1.46. The number of rotatable bonds is 13. The summed E-state index contributed by atoms with van der Waals surface area (Å²) < 4.78 is 33.3. The van der Waals surface area contributed by atoms with E-state index in [1.165, 1.54) is 0 Å². The van der Waals surface area contributed by atoms with Crippen molar-refractivity contribution in [3.05, 3.63) is 126 Å². The number of anilines is 1. The molecule has 9 heteroatoms. The monoisotopic (exact) mass is 653 g/mol. The number of benzene rings is 4. The summed E-state index contributed by atoms with van der Waals surface area (Å²) in [6, 6.07) is 32.5. The molecule has 4 aromatic carbocycles. The van der Waals surface area contributed by atoms with Crippen molar-refractivity contribution in [2.75, 3.05) is 17.1 Å². The molecule has 2 amide bonds. The molecule has 1 saturated carbocycles. The molecule has 1 atom stereocenters. The molecular weight excluding hydrogens is 611 g/mol. The third-order valence-electron chi connectivity index (χ3n) is 8.44. The van der Waals surface area contributed by atoms with Gasteiger partial charge in [-0.1, -0.05) is 97.6 Å². The molecule has 0 bridgehead atoms. The zero-order chi connectivity index (χ0) is 33.2. The largest absolute Gasteiger partial charge is 0.457 e. The number of amides is 2. The van der Waals surface area contributed by atoms with E-state index in [9.17, 15) is 18.0 Å². The Bertz CT molecular complexity index is 1720. The lowest BCUT2D eigenvalue weighted by molar-refractivity contribution is -0.140. The average molecular weight is 654 g/mol. The van der Waals surface area contributed by atoms with E-state index >= 15 is 0 Å². The molecule has 0 heterocycles. The van der Waals surface area contributed by atoms with Gasteiger partial charge < -0.3 is 15.0 Å². The number of hydrogen-bond acceptors (Lipinski definition) is 5. The summed E-state index contributed by atoms with van der Waals surface area (Å²) >= 11 is 0. The molecular formula is C38H43N3O5S. The second-order valence-corrected chi connectivity index (χ2v) is 14.1. The average Bonchev–Trinajstić information content (AvgIpc) is 3.06. The minimum absolute atomic E-state index is 0.0505. The lowest BCUT2D eigenvalue weighted by Crippen LogP contribution is -2.55. The summed E-state index contributed by atoms with van der Waals surface area (Å²) in [6.45, 7) is 1.66. The zero-order valence-corrected chi connectivity index (χ0v) is 27.9. The normalized spacial score (nSPS) is 14.2. The molecule has 0 radical (unpaired) electrons. The van der Waals surface area contributed by atoms with E-state index in [1.54, 1.807) is 29.2 Å². The van der Waals surface area contributed by atoms with Crippen LogP contribution >= 0.6 is 0 Å². The van der Waals surface area contributed by atoms with E-state index in [1.807, 2.05) is 91.9 Å². The second-order valence-electron chi connectivity index (χ2n) is 12.2. The van der Waals surface area contributed by atoms with Gasteiger partial charge in [0.1, 0.15) is 24.1 Å². The Kier molecular flexibility index (Phi) is 11.3. The minimum Gasteiger partial charge on any atom is -0.457 e. The molecule has 5 rings (SSSR count). The number of para-hydroxylation sites is 1. The van der Waals surface area contributed by atoms with Crippen LogP contribution in [0.1, 0.15) is 48.8 Å². The van der Waals surface area contributed by atoms with Crippen molar-refractivity contribution in [3.8, 4) is 11.5 Å². The Morgan fingerprint density at radius 2 is 1.43 bits per heavy atom. The van der Waals surface area contributed by atoms with Crippen molar-refractivity contribution in [1.82, 2.24) is 10.2 Å². The first-order chi connectivity index (χ1) is 22.7. The van der Waals surface area contributed by atoms with E-state index in [0.29, 0.717) is 23.6 Å². The molecule has 1 N–H and O–H groups in total. The summed E-state index contributed by atoms with van der Waals surface area (Å²) in [7, 11) is -3.88. The number of ether oxygens (including phenoxy) is 1. The van der Waals surface area contributed by atoms with Crippen LogP contribution in [-0.2, 0) is 32.6 Å². The lowest BCUT2D eigenvalue weighted by atomic mass is 9.94. The maximum absolute atomic E-state index is 14.4. The summed E-state index contributed by atoms with van der Waals surface area (Å²) in [4.78, 5) is 30.1. The van der Waals surface area contributed by atoms with Crippen LogP contribution in [0, 0.1) is 6.92 Å². The third kappa shape index (κ3) is 9.68. The molecule has 1 aliphatic rings. The Morgan fingerprint density at radius 1 is 0.809 bits per heavy atom. The predicted octanol–water partition coefficient (Wildman–Crippen LogP) is 6.64. The van der Waals surface area contributed by atoms with Crippen LogP contribution in [0.3, 0.4) is 0 Å². The van der Waals surface area contributed by atoms with Gasteiger partial charge in [0.15, 0.2) is 0 Å². The molecule has 1 fully saturated rings. The highest BCUT2D eigenvalue weighted by Crippen LogP contribution is 2.26. The van der Waals surface area contributed by atoms with Gasteiger partial charge in [-0.15, -0.1) is 0 Å². The number of nitrogens with zero attached hydrogens (tertiary/aromatic N) is 2. The minimum atomic E-state index is -3.88. The molecule has 0 aromatic heterocycles. The molecule has 47 heavy (non-hydrogen) atoms. The van der Waals surface area contributed by atoms with Gasteiger partial charge in [0.2, 0.25) is 21.8 Å². The number of carbonyl (C=O) groups is 2. The van der Waals surface area contributed by atoms with Crippen LogP contribution in [0.2, 0.25) is 0 Å². The maximum atomic E-state index is 14.4. The Labute approximate surface area is 278 Å². The van der Waals surface area contributed by atoms with Crippen molar-refractivity contribution in [2.45, 2.75) is 64.1 Å². The van der Waals surface area contributed by atoms with Crippen LogP contribution < -0.4 is 14.4 Å². The van der Waals surface area contributed by atoms with E-state index in [4.69, 9.17) is 4.74 Å². The summed E-state index contributed by atoms with van der Waals surface area (Å²) in [6.07, 6.45) is 6.44. The van der Waals surface area contributed by atoms with Crippen LogP contribution in [0.4, 0.5) is 5.69 Å². The molecule has 0 saturated heterocycles. The maximum Gasteiger partial charge on any atom is 0.244 e. The number of carbonyl (C=O) groups excluding carboxylic acids is 2. The van der Waals surface area contributed by atoms with E-state index < -0.39 is 28.5 Å². The number of aryl methyl sites for hydroxylation is 1. The van der Waals surface area contributed by atoms with Gasteiger partial charge in [-0.25, -0.2) is 8.42 Å². The molecule has 246 valence electrons. The Hall–Kier alpha value is -4.63. The number of hydrogen-bond donors (Lipinski definition) is 1. The smallest absolute Gasteiger partial charge is 0.244 e. The van der Waals surface area contributed by atoms with Crippen LogP contribution in [0.25, 0.3) is 0 Å². The number of nitrogens with one attached hydrogen (secondary N) is 1. The van der Waals surface area contributed by atoms with Crippen LogP contribution in [0.15, 0.2) is 109 Å². The van der Waals surface area contributed by atoms with Crippen molar-refractivity contribution >= 4 is 27.5 Å². The molecule has 0 aliphatic heterocycles. The van der Waals surface area contributed by atoms with Crippen molar-refractivity contribution in [2.24, 2.45) is 0 Å². The highest BCUT2D eigenvalue weighted by Gasteiger charge is 2.34. The fraction of sp³-hybridized carbons (Fsp3) is 0.316. The standard InChI is InChI=1S/C38H43N3O5S/c1-29-13-12-16-31(25-29)27-40(36(26-30-14-6-3-7-15-30)38(43)39-32-17-8-4-9-18-32)37(42)28-41(47(2,44)45)33-21-23-35(24-22-33)46-34-19-10-5-11-20-34/h3,5-7,10-16,19-25,32,36H,4,8-9,17-18,26-28H2,1-2H3,(H,39,43). The molecule has 4 aromatic rings. The highest BCUT2D eigenvalue weighted by atomic mass is 32.2. The van der Waals surface area contributed by atoms with E-state index in [-0.39, 0.29) is 18.5 Å². The second kappa shape index (κ2) is 15.8. The van der Waals surface area contributed by atoms with Gasteiger partial charge >= 0.3 is 0 Å². The first kappa shape index (κ1) is 33.7. The fourth-order valence-corrected chi connectivity index (χ4v) is 6.87. The summed E-state index contributed by atoms with van der Waals surface area (Å²) in [5.74, 6) is 0.484. The Morgan fingerprint density at radius 3 is 2.06 bits per heavy atom. The first-order valence-electron chi connectivity index (χ1n) is 16.2. The highest BCUT2D eigenvalue weighted by molar-refractivity contribution is 7.92. The molecule has 0 spiro atoms. The van der Waals surface area contributed by atoms with Crippen molar-refractivity contribution in [3.63, 3.8) is 0 Å². The van der Waals surface area contributed by atoms with Gasteiger partial charge in [0.25, 0.3) is 0 Å². The molecule has 1 aliphatic carbocycles. The van der Waals surface area contributed by atoms with Gasteiger partial charge in [0, 0.05) is 19.0 Å². The van der Waals surface area contributed by atoms with E-state index in [2.05, 4.69) is 5.32 Å². The van der Waals surface area contributed by atoms with Crippen LogP contribution in [-0.4, -0.2) is 50.0 Å². The SMILES string of the molecule is Cc1cccc(CN(C(=O)CN(c2ccc(Oc3ccccc3)cc2)S(C)(=O)=O)C(Cc2ccccc2)C(=O)NC2CCCCC2)c1. The fourth-order valence-electron chi connectivity index (χ4n) is 6.02. The quantitative estimate of drug-likeness (QED) is 0.175.